The third-order valence-electron chi connectivity index (χ3n) is 6.31. The van der Waals surface area contributed by atoms with Gasteiger partial charge >= 0.3 is 0 Å². The first kappa shape index (κ1) is 14.0. The highest BCUT2D eigenvalue weighted by Crippen LogP contribution is 2.93. The van der Waals surface area contributed by atoms with Gasteiger partial charge in [-0.15, -0.1) is 5.10 Å². The summed E-state index contributed by atoms with van der Waals surface area (Å²) in [6.07, 6.45) is 10.2. The van der Waals surface area contributed by atoms with Crippen molar-refractivity contribution in [2.45, 2.75) is 32.1 Å². The topological polar surface area (TPSA) is 83.0 Å². The van der Waals surface area contributed by atoms with Crippen LogP contribution < -0.4 is 10.5 Å². The lowest BCUT2D eigenvalue weighted by atomic mass is 10.2. The molecule has 24 heavy (non-hydrogen) atoms. The van der Waals surface area contributed by atoms with Crippen LogP contribution in [0.1, 0.15) is 42.5 Å². The van der Waals surface area contributed by atoms with E-state index in [-0.39, 0.29) is 0 Å². The quantitative estimate of drug-likeness (QED) is 0.884. The third-order valence-corrected chi connectivity index (χ3v) is 6.31. The number of fused-ring (bicyclic) bond motifs is 1. The van der Waals surface area contributed by atoms with Gasteiger partial charge in [-0.3, -0.25) is 4.79 Å². The summed E-state index contributed by atoms with van der Waals surface area (Å²) in [7, 11) is 0. The van der Waals surface area contributed by atoms with Crippen molar-refractivity contribution >= 4 is 5.91 Å². The molecule has 0 aromatic carbocycles. The minimum atomic E-state index is -0.519. The average molecular weight is 324 g/mol. The van der Waals surface area contributed by atoms with E-state index in [0.29, 0.717) is 23.9 Å². The molecule has 2 aromatic rings. The summed E-state index contributed by atoms with van der Waals surface area (Å²) in [6.45, 7) is 0.704. The smallest absolute Gasteiger partial charge is 0.252 e. The summed E-state index contributed by atoms with van der Waals surface area (Å²) in [6, 6.07) is 5.12. The third kappa shape index (κ3) is 1.85. The van der Waals surface area contributed by atoms with Gasteiger partial charge in [-0.25, -0.2) is 9.67 Å². The number of carbonyl (C=O) groups excluding carboxylic acids is 1. The van der Waals surface area contributed by atoms with Gasteiger partial charge in [0.15, 0.2) is 5.82 Å². The Bertz CT molecular complexity index is 802. The molecule has 2 aromatic heterocycles. The van der Waals surface area contributed by atoms with Gasteiger partial charge in [-0.05, 0) is 61.0 Å². The predicted octanol–water partition coefficient (Wildman–Crippen LogP) is 2.33. The van der Waals surface area contributed by atoms with Crippen molar-refractivity contribution in [1.82, 2.24) is 14.8 Å². The molecule has 2 heterocycles. The molecular formula is C18H20N4O2. The zero-order valence-electron chi connectivity index (χ0n) is 13.4. The van der Waals surface area contributed by atoms with E-state index in [1.807, 2.05) is 0 Å². The van der Waals surface area contributed by atoms with E-state index < -0.39 is 5.91 Å². The van der Waals surface area contributed by atoms with Crippen LogP contribution in [0.15, 0.2) is 30.6 Å². The zero-order chi connectivity index (χ0) is 16.4. The summed E-state index contributed by atoms with van der Waals surface area (Å²) in [5, 5.41) is 4.37. The van der Waals surface area contributed by atoms with E-state index in [0.717, 1.165) is 23.2 Å². The molecule has 1 amide bonds. The van der Waals surface area contributed by atoms with Gasteiger partial charge in [0.05, 0.1) is 12.2 Å². The lowest BCUT2D eigenvalue weighted by Gasteiger charge is -2.05. The van der Waals surface area contributed by atoms with Gasteiger partial charge in [-0.1, -0.05) is 0 Å². The molecule has 3 saturated carbocycles. The number of amides is 1. The van der Waals surface area contributed by atoms with E-state index in [1.165, 1.54) is 30.4 Å². The maximum absolute atomic E-state index is 11.5. The van der Waals surface area contributed by atoms with Crippen LogP contribution in [0.2, 0.25) is 0 Å². The second kappa shape index (κ2) is 4.59. The Hall–Kier alpha value is -2.37. The number of aromatic nitrogens is 3. The summed E-state index contributed by atoms with van der Waals surface area (Å²) >= 11 is 0. The van der Waals surface area contributed by atoms with Crippen molar-refractivity contribution in [3.8, 4) is 11.7 Å². The first-order valence-electron chi connectivity index (χ1n) is 8.60. The molecule has 3 aliphatic carbocycles. The van der Waals surface area contributed by atoms with Gasteiger partial charge in [-0.2, -0.15) is 0 Å². The van der Waals surface area contributed by atoms with Crippen LogP contribution in [0.4, 0.5) is 0 Å². The molecule has 0 unspecified atom stereocenters. The van der Waals surface area contributed by atoms with Crippen LogP contribution in [0.25, 0.3) is 5.82 Å². The molecule has 2 spiro atoms. The normalized spacial score (nSPS) is 21.8. The number of primary amides is 1. The number of carbonyl (C=O) groups is 1. The Morgan fingerprint density at radius 2 is 2.04 bits per heavy atom. The molecule has 0 bridgehead atoms. The highest BCUT2D eigenvalue weighted by atomic mass is 16.5. The maximum Gasteiger partial charge on any atom is 0.252 e. The maximum atomic E-state index is 11.5. The van der Waals surface area contributed by atoms with Crippen LogP contribution in [-0.2, 0) is 0 Å². The summed E-state index contributed by atoms with van der Waals surface area (Å²) in [4.78, 5) is 15.7. The number of hydrogen-bond acceptors (Lipinski definition) is 4. The highest BCUT2D eigenvalue weighted by molar-refractivity contribution is 5.95. The highest BCUT2D eigenvalue weighted by Gasteiger charge is 2.85. The average Bonchev–Trinajstić information content (AvgIpc) is 3.53. The molecule has 6 heteroatoms. The minimum Gasteiger partial charge on any atom is -0.477 e. The first-order valence-corrected chi connectivity index (χ1v) is 8.60. The van der Waals surface area contributed by atoms with Gasteiger partial charge in [0.1, 0.15) is 0 Å². The number of pyridine rings is 1. The minimum absolute atomic E-state index is 0.344. The van der Waals surface area contributed by atoms with E-state index in [9.17, 15) is 4.79 Å². The van der Waals surface area contributed by atoms with Crippen molar-refractivity contribution in [1.29, 1.82) is 0 Å². The molecule has 0 aliphatic heterocycles. The summed E-state index contributed by atoms with van der Waals surface area (Å²) < 4.78 is 7.36. The van der Waals surface area contributed by atoms with Crippen molar-refractivity contribution in [3.63, 3.8) is 0 Å². The standard InChI is InChI=1S/C18H20N4O2/c19-15(23)12-2-1-9-20-16(12)22-10-3-14(21-22)24-11-4-13-17(5-6-17)18(13)7-8-18/h1-3,9-10,13H,4-8,11H2,(H2,19,23). The lowest BCUT2D eigenvalue weighted by Crippen LogP contribution is -2.16. The summed E-state index contributed by atoms with van der Waals surface area (Å²) in [5.41, 5.74) is 7.18. The number of hydrogen-bond donors (Lipinski definition) is 1. The molecule has 0 atom stereocenters. The molecule has 5 rings (SSSR count). The predicted molar refractivity (Wildman–Crippen MR) is 86.8 cm³/mol. The Labute approximate surface area is 140 Å². The van der Waals surface area contributed by atoms with Crippen molar-refractivity contribution in [2.24, 2.45) is 22.5 Å². The Balaban J connectivity index is 1.24. The molecule has 2 N–H and O–H groups in total. The van der Waals surface area contributed by atoms with Crippen LogP contribution in [-0.4, -0.2) is 27.3 Å². The number of rotatable bonds is 6. The largest absolute Gasteiger partial charge is 0.477 e. The van der Waals surface area contributed by atoms with Gasteiger partial charge < -0.3 is 10.5 Å². The monoisotopic (exact) mass is 324 g/mol. The van der Waals surface area contributed by atoms with Crippen molar-refractivity contribution < 1.29 is 9.53 Å². The number of ether oxygens (including phenoxy) is 1. The fraction of sp³-hybridized carbons (Fsp3) is 0.500. The molecule has 124 valence electrons. The second-order valence-electron chi connectivity index (χ2n) is 7.34. The fourth-order valence-corrected chi connectivity index (χ4v) is 4.91. The fourth-order valence-electron chi connectivity index (χ4n) is 4.91. The molecule has 6 nitrogen and oxygen atoms in total. The molecule has 3 fully saturated rings. The van der Waals surface area contributed by atoms with E-state index >= 15 is 0 Å². The van der Waals surface area contributed by atoms with E-state index in [2.05, 4.69) is 10.1 Å². The Morgan fingerprint density at radius 3 is 2.71 bits per heavy atom. The van der Waals surface area contributed by atoms with Crippen molar-refractivity contribution in [3.05, 3.63) is 36.2 Å². The van der Waals surface area contributed by atoms with E-state index in [1.54, 1.807) is 30.6 Å². The molecule has 0 radical (unpaired) electrons. The van der Waals surface area contributed by atoms with Crippen LogP contribution in [0.5, 0.6) is 5.88 Å². The zero-order valence-corrected chi connectivity index (χ0v) is 13.4. The summed E-state index contributed by atoms with van der Waals surface area (Å²) in [5.74, 6) is 1.35. The van der Waals surface area contributed by atoms with Crippen molar-refractivity contribution in [2.75, 3.05) is 6.61 Å². The number of nitrogens with zero attached hydrogens (tertiary/aromatic N) is 3. The SMILES string of the molecule is NC(=O)c1cccnc1-n1ccc(OCCC2C3(CC3)C23CC3)n1. The molecular weight excluding hydrogens is 304 g/mol. The van der Waals surface area contributed by atoms with Gasteiger partial charge in [0.2, 0.25) is 5.88 Å². The Morgan fingerprint density at radius 1 is 1.29 bits per heavy atom. The number of nitrogens with two attached hydrogens (primary N) is 1. The molecule has 0 saturated heterocycles. The second-order valence-corrected chi connectivity index (χ2v) is 7.34. The van der Waals surface area contributed by atoms with Crippen LogP contribution >= 0.6 is 0 Å². The van der Waals surface area contributed by atoms with Crippen LogP contribution in [0, 0.1) is 16.7 Å². The first-order chi connectivity index (χ1) is 11.7. The van der Waals surface area contributed by atoms with E-state index in [4.69, 9.17) is 10.5 Å². The van der Waals surface area contributed by atoms with Gasteiger partial charge in [0.25, 0.3) is 5.91 Å². The molecule has 3 aliphatic rings. The lowest BCUT2D eigenvalue weighted by molar-refractivity contribution is 0.0999. The van der Waals surface area contributed by atoms with Gasteiger partial charge in [0, 0.05) is 18.5 Å². The van der Waals surface area contributed by atoms with Crippen LogP contribution in [0.3, 0.4) is 0 Å². The Kier molecular flexibility index (Phi) is 2.68.